The smallest absolute Gasteiger partial charge is 0.213 e. The van der Waals surface area contributed by atoms with E-state index in [1.54, 1.807) is 4.68 Å². The van der Waals surface area contributed by atoms with Gasteiger partial charge in [-0.25, -0.2) is 9.67 Å². The zero-order valence-electron chi connectivity index (χ0n) is 14.2. The highest BCUT2D eigenvalue weighted by molar-refractivity contribution is 5.68. The number of nitrogens with zero attached hydrogens (tertiary/aromatic N) is 5. The molecule has 6 nitrogen and oxygen atoms in total. The van der Waals surface area contributed by atoms with E-state index in [-0.39, 0.29) is 5.82 Å². The van der Waals surface area contributed by atoms with Crippen LogP contribution >= 0.6 is 0 Å². The predicted molar refractivity (Wildman–Crippen MR) is 88.2 cm³/mol. The minimum Gasteiger partial charge on any atom is -0.294 e. The van der Waals surface area contributed by atoms with Crippen molar-refractivity contribution in [3.05, 3.63) is 47.0 Å². The largest absolute Gasteiger partial charge is 0.294 e. The quantitative estimate of drug-likeness (QED) is 0.789. The lowest BCUT2D eigenvalue weighted by Crippen LogP contribution is -2.20. The molecule has 24 heavy (non-hydrogen) atoms. The van der Waals surface area contributed by atoms with Gasteiger partial charge in [-0.3, -0.25) is 4.79 Å². The second-order valence-electron chi connectivity index (χ2n) is 6.81. The lowest BCUT2D eigenvalue weighted by Gasteiger charge is -2.23. The zero-order chi connectivity index (χ0) is 18.0. The monoisotopic (exact) mass is 321 g/mol. The molecule has 1 aromatic carbocycles. The normalized spacial score (nSPS) is 11.6. The van der Waals surface area contributed by atoms with E-state index in [2.05, 4.69) is 22.2 Å². The third kappa shape index (κ3) is 3.49. The number of rotatable bonds is 5. The summed E-state index contributed by atoms with van der Waals surface area (Å²) in [6.07, 6.45) is 2.08. The summed E-state index contributed by atoms with van der Waals surface area (Å²) < 4.78 is 1.56. The number of hydrogen-bond donors (Lipinski definition) is 0. The van der Waals surface area contributed by atoms with Crippen LogP contribution in [0.25, 0.3) is 0 Å². The molecule has 0 bridgehead atoms. The first-order chi connectivity index (χ1) is 11.2. The molecule has 0 aliphatic carbocycles. The van der Waals surface area contributed by atoms with Crippen molar-refractivity contribution < 1.29 is 4.79 Å². The Morgan fingerprint density at radius 3 is 2.04 bits per heavy atom. The first kappa shape index (κ1) is 17.4. The molecule has 1 heterocycles. The van der Waals surface area contributed by atoms with E-state index < -0.39 is 10.8 Å². The highest BCUT2D eigenvalue weighted by atomic mass is 16.1. The van der Waals surface area contributed by atoms with Gasteiger partial charge >= 0.3 is 0 Å². The Kier molecular flexibility index (Phi) is 4.52. The van der Waals surface area contributed by atoms with Gasteiger partial charge in [0.1, 0.15) is 6.33 Å². The Balaban J connectivity index is 2.52. The molecule has 0 atom stereocenters. The van der Waals surface area contributed by atoms with Gasteiger partial charge in [-0.1, -0.05) is 18.2 Å². The van der Waals surface area contributed by atoms with E-state index >= 15 is 0 Å². The van der Waals surface area contributed by atoms with Gasteiger partial charge < -0.3 is 0 Å². The van der Waals surface area contributed by atoms with Crippen LogP contribution in [0.1, 0.15) is 55.0 Å². The second-order valence-corrected chi connectivity index (χ2v) is 6.81. The summed E-state index contributed by atoms with van der Waals surface area (Å²) in [5, 5.41) is 22.9. The van der Waals surface area contributed by atoms with E-state index in [0.717, 1.165) is 16.7 Å². The molecule has 2 aromatic rings. The van der Waals surface area contributed by atoms with Crippen molar-refractivity contribution in [1.29, 1.82) is 10.5 Å². The number of aldehydes is 1. The Morgan fingerprint density at radius 1 is 1.08 bits per heavy atom. The maximum Gasteiger partial charge on any atom is 0.213 e. The molecule has 0 saturated heterocycles. The minimum absolute atomic E-state index is 0.126. The topological polar surface area (TPSA) is 95.4 Å². The summed E-state index contributed by atoms with van der Waals surface area (Å²) in [4.78, 5) is 14.6. The molecular formula is C18H19N5O. The van der Waals surface area contributed by atoms with Gasteiger partial charge in [-0.15, -0.1) is 5.10 Å². The SMILES string of the molecule is CC(C)(C#N)c1cc(Cn2cnc(C=O)n2)cc(C(C)(C)C#N)c1. The summed E-state index contributed by atoms with van der Waals surface area (Å²) in [6.45, 7) is 7.78. The highest BCUT2D eigenvalue weighted by Gasteiger charge is 2.26. The first-order valence-electron chi connectivity index (χ1n) is 7.54. The van der Waals surface area contributed by atoms with Crippen molar-refractivity contribution in [3.8, 4) is 12.1 Å². The zero-order valence-corrected chi connectivity index (χ0v) is 14.2. The Labute approximate surface area is 141 Å². The van der Waals surface area contributed by atoms with Crippen LogP contribution in [0.15, 0.2) is 24.5 Å². The predicted octanol–water partition coefficient (Wildman–Crippen LogP) is 2.74. The molecule has 122 valence electrons. The van der Waals surface area contributed by atoms with Gasteiger partial charge in [0.25, 0.3) is 0 Å². The molecule has 2 rings (SSSR count). The molecule has 0 radical (unpaired) electrons. The van der Waals surface area contributed by atoms with Gasteiger partial charge in [0, 0.05) is 0 Å². The molecule has 6 heteroatoms. The van der Waals surface area contributed by atoms with Crippen molar-refractivity contribution in [2.24, 2.45) is 0 Å². The lowest BCUT2D eigenvalue weighted by molar-refractivity contribution is 0.111. The molecule has 0 N–H and O–H groups in total. The number of aromatic nitrogens is 3. The molecule has 0 saturated carbocycles. The standard InChI is InChI=1S/C18H19N5O/c1-17(2,10-19)14-5-13(6-15(7-14)18(3,4)11-20)8-23-12-21-16(9-24)22-23/h5-7,9,12H,8H2,1-4H3. The summed E-state index contributed by atoms with van der Waals surface area (Å²) >= 11 is 0. The fraction of sp³-hybridized carbons (Fsp3) is 0.389. The first-order valence-corrected chi connectivity index (χ1v) is 7.54. The molecule has 0 spiro atoms. The molecule has 0 fully saturated rings. The van der Waals surface area contributed by atoms with Crippen LogP contribution in [-0.2, 0) is 17.4 Å². The molecular weight excluding hydrogens is 302 g/mol. The van der Waals surface area contributed by atoms with Gasteiger partial charge in [-0.2, -0.15) is 10.5 Å². The molecule has 0 aliphatic rings. The molecule has 0 amide bonds. The van der Waals surface area contributed by atoms with Crippen LogP contribution in [0.5, 0.6) is 0 Å². The van der Waals surface area contributed by atoms with E-state index in [1.165, 1.54) is 6.33 Å². The van der Waals surface area contributed by atoms with Crippen LogP contribution in [0.4, 0.5) is 0 Å². The van der Waals surface area contributed by atoms with Crippen molar-refractivity contribution in [2.75, 3.05) is 0 Å². The number of carbonyl (C=O) groups excluding carboxylic acids is 1. The average molecular weight is 321 g/mol. The fourth-order valence-corrected chi connectivity index (χ4v) is 2.26. The Bertz CT molecular complexity index is 805. The second kappa shape index (κ2) is 6.25. The van der Waals surface area contributed by atoms with Gasteiger partial charge in [0.15, 0.2) is 6.29 Å². The van der Waals surface area contributed by atoms with Crippen LogP contribution < -0.4 is 0 Å². The summed E-state index contributed by atoms with van der Waals surface area (Å²) in [6, 6.07) is 10.4. The number of nitriles is 2. The van der Waals surface area contributed by atoms with Crippen LogP contribution in [0, 0.1) is 22.7 Å². The summed E-state index contributed by atoms with van der Waals surface area (Å²) in [5.41, 5.74) is 1.24. The number of benzene rings is 1. The maximum absolute atomic E-state index is 10.7. The fourth-order valence-electron chi connectivity index (χ4n) is 2.26. The molecule has 1 aromatic heterocycles. The van der Waals surface area contributed by atoms with Gasteiger partial charge in [-0.05, 0) is 44.4 Å². The summed E-state index contributed by atoms with van der Waals surface area (Å²) in [7, 11) is 0. The molecule has 0 unspecified atom stereocenters. The molecule has 0 aliphatic heterocycles. The maximum atomic E-state index is 10.7. The average Bonchev–Trinajstić information content (AvgIpc) is 3.02. The number of carbonyl (C=O) groups is 1. The van der Waals surface area contributed by atoms with Gasteiger partial charge in [0.05, 0.1) is 29.5 Å². The van der Waals surface area contributed by atoms with Crippen molar-refractivity contribution >= 4 is 6.29 Å². The Morgan fingerprint density at radius 2 is 1.62 bits per heavy atom. The van der Waals surface area contributed by atoms with Crippen LogP contribution in [0.3, 0.4) is 0 Å². The third-order valence-electron chi connectivity index (χ3n) is 4.00. The van der Waals surface area contributed by atoms with E-state index in [9.17, 15) is 15.3 Å². The lowest BCUT2D eigenvalue weighted by atomic mass is 9.79. The van der Waals surface area contributed by atoms with E-state index in [4.69, 9.17) is 0 Å². The van der Waals surface area contributed by atoms with Crippen LogP contribution in [-0.4, -0.2) is 21.1 Å². The van der Waals surface area contributed by atoms with Gasteiger partial charge in [0.2, 0.25) is 5.82 Å². The Hall–Kier alpha value is -2.99. The van der Waals surface area contributed by atoms with Crippen molar-refractivity contribution in [1.82, 2.24) is 14.8 Å². The minimum atomic E-state index is -0.674. The van der Waals surface area contributed by atoms with Crippen molar-refractivity contribution in [3.63, 3.8) is 0 Å². The highest BCUT2D eigenvalue weighted by Crippen LogP contribution is 2.30. The summed E-state index contributed by atoms with van der Waals surface area (Å²) in [5.74, 6) is 0.126. The van der Waals surface area contributed by atoms with E-state index in [1.807, 2.05) is 45.9 Å². The van der Waals surface area contributed by atoms with Crippen molar-refractivity contribution in [2.45, 2.75) is 45.1 Å². The van der Waals surface area contributed by atoms with E-state index in [0.29, 0.717) is 12.8 Å². The van der Waals surface area contributed by atoms with Crippen LogP contribution in [0.2, 0.25) is 0 Å². The number of hydrogen-bond acceptors (Lipinski definition) is 5. The third-order valence-corrected chi connectivity index (χ3v) is 4.00.